The molecule has 4 heteroatoms. The topological polar surface area (TPSA) is 33.2 Å². The number of para-hydroxylation sites is 1. The summed E-state index contributed by atoms with van der Waals surface area (Å²) in [6.07, 6.45) is 3.91. The fourth-order valence-corrected chi connectivity index (χ4v) is 3.99. The molecule has 23 heavy (non-hydrogen) atoms. The van der Waals surface area contributed by atoms with Crippen LogP contribution >= 0.6 is 11.8 Å². The third-order valence-electron chi connectivity index (χ3n) is 4.48. The molecular weight excluding hydrogens is 304 g/mol. The molecule has 1 aliphatic rings. The number of carbonyl (C=O) groups is 1. The number of carbonyl (C=O) groups excluding carboxylic acids is 1. The molecule has 0 saturated carbocycles. The van der Waals surface area contributed by atoms with Crippen molar-refractivity contribution < 1.29 is 4.79 Å². The molecule has 0 atom stereocenters. The van der Waals surface area contributed by atoms with E-state index in [1.807, 2.05) is 17.2 Å². The summed E-state index contributed by atoms with van der Waals surface area (Å²) in [7, 11) is 0. The molecule has 0 saturated heterocycles. The van der Waals surface area contributed by atoms with Gasteiger partial charge in [-0.15, -0.1) is 0 Å². The van der Waals surface area contributed by atoms with E-state index in [2.05, 4.69) is 44.0 Å². The van der Waals surface area contributed by atoms with Crippen LogP contribution in [0.4, 0.5) is 5.69 Å². The van der Waals surface area contributed by atoms with Gasteiger partial charge in [-0.1, -0.05) is 30.0 Å². The number of thioether (sulfide) groups is 1. The first-order chi connectivity index (χ1) is 11.1. The predicted octanol–water partition coefficient (Wildman–Crippen LogP) is 4.08. The second kappa shape index (κ2) is 6.75. The summed E-state index contributed by atoms with van der Waals surface area (Å²) in [6.45, 7) is 7.05. The average molecular weight is 326 g/mol. The van der Waals surface area contributed by atoms with Crippen LogP contribution in [-0.4, -0.2) is 23.2 Å². The number of hydrogen-bond donors (Lipinski definition) is 0. The number of anilines is 1. The van der Waals surface area contributed by atoms with E-state index in [1.165, 1.54) is 22.3 Å². The first-order valence-electron chi connectivity index (χ1n) is 8.02. The summed E-state index contributed by atoms with van der Waals surface area (Å²) in [5, 5.41) is 0.959. The smallest absolute Gasteiger partial charge is 0.237 e. The first kappa shape index (κ1) is 16.1. The van der Waals surface area contributed by atoms with Crippen LogP contribution in [0.15, 0.2) is 35.5 Å². The molecular formula is C19H22N2OS. The quantitative estimate of drug-likeness (QED) is 0.797. The molecule has 0 N–H and O–H groups in total. The van der Waals surface area contributed by atoms with E-state index >= 15 is 0 Å². The van der Waals surface area contributed by atoms with Crippen molar-refractivity contribution in [3.05, 3.63) is 52.7 Å². The highest BCUT2D eigenvalue weighted by molar-refractivity contribution is 8.00. The molecule has 0 bridgehead atoms. The highest BCUT2D eigenvalue weighted by Crippen LogP contribution is 2.31. The molecule has 120 valence electrons. The van der Waals surface area contributed by atoms with Crippen molar-refractivity contribution in [2.75, 3.05) is 17.2 Å². The summed E-state index contributed by atoms with van der Waals surface area (Å²) in [5.41, 5.74) is 5.98. The maximum absolute atomic E-state index is 12.8. The van der Waals surface area contributed by atoms with Gasteiger partial charge >= 0.3 is 0 Å². The van der Waals surface area contributed by atoms with E-state index in [0.717, 1.165) is 30.1 Å². The molecule has 2 aromatic rings. The number of aryl methyl sites for hydroxylation is 3. The van der Waals surface area contributed by atoms with Crippen LogP contribution < -0.4 is 4.90 Å². The lowest BCUT2D eigenvalue weighted by molar-refractivity contribution is -0.116. The van der Waals surface area contributed by atoms with Gasteiger partial charge in [0.15, 0.2) is 0 Å². The second-order valence-electron chi connectivity index (χ2n) is 6.08. The Hall–Kier alpha value is -1.81. The maximum atomic E-state index is 12.8. The van der Waals surface area contributed by atoms with Crippen molar-refractivity contribution in [2.45, 2.75) is 38.6 Å². The molecule has 3 rings (SSSR count). The Kier molecular flexibility index (Phi) is 4.71. The zero-order valence-electron chi connectivity index (χ0n) is 13.9. The van der Waals surface area contributed by atoms with Crippen LogP contribution in [0, 0.1) is 20.8 Å². The van der Waals surface area contributed by atoms with Crippen LogP contribution in [0.5, 0.6) is 0 Å². The van der Waals surface area contributed by atoms with Gasteiger partial charge in [0.2, 0.25) is 5.91 Å². The van der Waals surface area contributed by atoms with Crippen LogP contribution in [0.2, 0.25) is 0 Å². The van der Waals surface area contributed by atoms with Gasteiger partial charge in [0.25, 0.3) is 0 Å². The summed E-state index contributed by atoms with van der Waals surface area (Å²) < 4.78 is 0. The third kappa shape index (κ3) is 3.27. The molecule has 0 unspecified atom stereocenters. The number of rotatable bonds is 3. The number of pyridine rings is 1. The highest BCUT2D eigenvalue weighted by Gasteiger charge is 2.24. The van der Waals surface area contributed by atoms with Crippen LogP contribution in [-0.2, 0) is 11.2 Å². The first-order valence-corrected chi connectivity index (χ1v) is 9.00. The molecule has 0 fully saturated rings. The molecule has 1 aliphatic heterocycles. The number of benzene rings is 1. The summed E-state index contributed by atoms with van der Waals surface area (Å²) in [6, 6.07) is 8.31. The van der Waals surface area contributed by atoms with Gasteiger partial charge in [0.05, 0.1) is 10.8 Å². The molecule has 1 aromatic carbocycles. The number of hydrogen-bond acceptors (Lipinski definition) is 3. The van der Waals surface area contributed by atoms with Crippen molar-refractivity contribution in [1.29, 1.82) is 0 Å². The minimum Gasteiger partial charge on any atom is -0.311 e. The van der Waals surface area contributed by atoms with E-state index in [9.17, 15) is 4.79 Å². The minimum absolute atomic E-state index is 0.174. The predicted molar refractivity (Wildman–Crippen MR) is 96.3 cm³/mol. The number of fused-ring (bicyclic) bond motifs is 1. The van der Waals surface area contributed by atoms with Gasteiger partial charge in [0.1, 0.15) is 0 Å². The van der Waals surface area contributed by atoms with E-state index in [-0.39, 0.29) is 5.91 Å². The lowest BCUT2D eigenvalue weighted by Crippen LogP contribution is -2.37. The summed E-state index contributed by atoms with van der Waals surface area (Å²) in [5.74, 6) is 0.610. The fourth-order valence-electron chi connectivity index (χ4n) is 3.06. The zero-order valence-corrected chi connectivity index (χ0v) is 14.7. The Morgan fingerprint density at radius 2 is 2.04 bits per heavy atom. The van der Waals surface area contributed by atoms with Crippen LogP contribution in [0.1, 0.15) is 28.7 Å². The SMILES string of the molecule is Cc1ccnc(SCC(=O)N2CCCc3cccc(C)c32)c1C. The standard InChI is InChI=1S/C19H22N2OS/c1-13-9-10-20-19(15(13)3)23-12-17(22)21-11-5-8-16-7-4-6-14(2)18(16)21/h4,6-7,9-10H,5,8,11-12H2,1-3H3. The maximum Gasteiger partial charge on any atom is 0.237 e. The molecule has 0 spiro atoms. The second-order valence-corrected chi connectivity index (χ2v) is 7.04. The molecule has 0 radical (unpaired) electrons. The summed E-state index contributed by atoms with van der Waals surface area (Å²) in [4.78, 5) is 19.1. The number of amides is 1. The zero-order chi connectivity index (χ0) is 16.4. The third-order valence-corrected chi connectivity index (χ3v) is 5.56. The highest BCUT2D eigenvalue weighted by atomic mass is 32.2. The van der Waals surface area contributed by atoms with Crippen molar-refractivity contribution in [3.63, 3.8) is 0 Å². The lowest BCUT2D eigenvalue weighted by atomic mass is 9.98. The van der Waals surface area contributed by atoms with E-state index in [4.69, 9.17) is 0 Å². The largest absolute Gasteiger partial charge is 0.311 e. The van der Waals surface area contributed by atoms with Gasteiger partial charge in [-0.05, 0) is 61.9 Å². The van der Waals surface area contributed by atoms with Crippen LogP contribution in [0.3, 0.4) is 0 Å². The lowest BCUT2D eigenvalue weighted by Gasteiger charge is -2.31. The van der Waals surface area contributed by atoms with Crippen molar-refractivity contribution in [2.24, 2.45) is 0 Å². The van der Waals surface area contributed by atoms with Crippen molar-refractivity contribution >= 4 is 23.4 Å². The fraction of sp³-hybridized carbons (Fsp3) is 0.368. The van der Waals surface area contributed by atoms with Gasteiger partial charge in [-0.25, -0.2) is 4.98 Å². The normalized spacial score (nSPS) is 13.8. The van der Waals surface area contributed by atoms with Gasteiger partial charge in [0, 0.05) is 18.4 Å². The molecule has 1 amide bonds. The average Bonchev–Trinajstić information content (AvgIpc) is 2.56. The van der Waals surface area contributed by atoms with Gasteiger partial charge in [-0.3, -0.25) is 4.79 Å². The van der Waals surface area contributed by atoms with Gasteiger partial charge in [-0.2, -0.15) is 0 Å². The van der Waals surface area contributed by atoms with E-state index in [1.54, 1.807) is 11.8 Å². The Morgan fingerprint density at radius 3 is 2.87 bits per heavy atom. The van der Waals surface area contributed by atoms with E-state index < -0.39 is 0 Å². The Labute approximate surface area is 142 Å². The van der Waals surface area contributed by atoms with Gasteiger partial charge < -0.3 is 4.90 Å². The Balaban J connectivity index is 1.76. The van der Waals surface area contributed by atoms with Crippen molar-refractivity contribution in [3.8, 4) is 0 Å². The Bertz CT molecular complexity index is 742. The van der Waals surface area contributed by atoms with Crippen molar-refractivity contribution in [1.82, 2.24) is 4.98 Å². The van der Waals surface area contributed by atoms with Crippen LogP contribution in [0.25, 0.3) is 0 Å². The minimum atomic E-state index is 0.174. The molecule has 3 nitrogen and oxygen atoms in total. The van der Waals surface area contributed by atoms with E-state index in [0.29, 0.717) is 5.75 Å². The molecule has 1 aromatic heterocycles. The number of aromatic nitrogens is 1. The molecule has 0 aliphatic carbocycles. The Morgan fingerprint density at radius 1 is 1.22 bits per heavy atom. The molecule has 2 heterocycles. The monoisotopic (exact) mass is 326 g/mol. The number of nitrogens with zero attached hydrogens (tertiary/aromatic N) is 2. The summed E-state index contributed by atoms with van der Waals surface area (Å²) >= 11 is 1.54.